The highest BCUT2D eigenvalue weighted by atomic mass is 16.3. The maximum Gasteiger partial charge on any atom is 0.0556 e. The van der Waals surface area contributed by atoms with E-state index in [-0.39, 0.29) is 6.61 Å². The molecule has 3 heteroatoms. The molecule has 70 valence electrons. The van der Waals surface area contributed by atoms with Crippen molar-refractivity contribution < 1.29 is 5.11 Å². The smallest absolute Gasteiger partial charge is 0.0556 e. The maximum absolute atomic E-state index is 8.71. The van der Waals surface area contributed by atoms with Crippen molar-refractivity contribution in [3.8, 4) is 0 Å². The van der Waals surface area contributed by atoms with Crippen LogP contribution in [-0.4, -0.2) is 49.3 Å². The van der Waals surface area contributed by atoms with Crippen LogP contribution in [0.15, 0.2) is 0 Å². The Morgan fingerprint density at radius 2 is 2.33 bits per heavy atom. The van der Waals surface area contributed by atoms with E-state index in [0.29, 0.717) is 11.5 Å². The fraction of sp³-hybridized carbons (Fsp3) is 1.00. The van der Waals surface area contributed by atoms with E-state index >= 15 is 0 Å². The van der Waals surface area contributed by atoms with Crippen molar-refractivity contribution in [3.05, 3.63) is 0 Å². The lowest BCUT2D eigenvalue weighted by molar-refractivity contribution is 0.275. The fourth-order valence-corrected chi connectivity index (χ4v) is 2.40. The highest BCUT2D eigenvalue weighted by molar-refractivity contribution is 5.08. The van der Waals surface area contributed by atoms with Crippen molar-refractivity contribution >= 4 is 0 Å². The average molecular weight is 170 g/mol. The predicted octanol–water partition coefficient (Wildman–Crippen LogP) is -0.338. The number of rotatable bonds is 3. The third kappa shape index (κ3) is 1.37. The zero-order valence-corrected chi connectivity index (χ0v) is 7.71. The van der Waals surface area contributed by atoms with Crippen molar-refractivity contribution in [2.45, 2.75) is 18.9 Å². The molecule has 1 aliphatic heterocycles. The van der Waals surface area contributed by atoms with Crippen LogP contribution in [-0.2, 0) is 0 Å². The molecule has 1 atom stereocenters. The number of aliphatic hydroxyl groups is 1. The van der Waals surface area contributed by atoms with Crippen LogP contribution in [0.4, 0.5) is 0 Å². The van der Waals surface area contributed by atoms with Crippen LogP contribution in [0, 0.1) is 5.41 Å². The maximum atomic E-state index is 8.71. The van der Waals surface area contributed by atoms with Crippen LogP contribution in [0.2, 0.25) is 0 Å². The molecular weight excluding hydrogens is 152 g/mol. The summed E-state index contributed by atoms with van der Waals surface area (Å²) in [7, 11) is 2.18. The van der Waals surface area contributed by atoms with Gasteiger partial charge in [-0.15, -0.1) is 0 Å². The molecule has 2 aliphatic rings. The number of nitrogens with one attached hydrogen (secondary N) is 1. The van der Waals surface area contributed by atoms with Gasteiger partial charge in [0.15, 0.2) is 0 Å². The first kappa shape index (κ1) is 8.48. The Hall–Kier alpha value is -0.120. The second-order valence-electron chi connectivity index (χ2n) is 4.29. The van der Waals surface area contributed by atoms with Gasteiger partial charge in [-0.1, -0.05) is 0 Å². The Balaban J connectivity index is 1.88. The third-order valence-corrected chi connectivity index (χ3v) is 3.21. The number of hydrogen-bond acceptors (Lipinski definition) is 3. The van der Waals surface area contributed by atoms with E-state index in [1.807, 2.05) is 0 Å². The Morgan fingerprint density at radius 1 is 1.58 bits per heavy atom. The largest absolute Gasteiger partial charge is 0.395 e. The quantitative estimate of drug-likeness (QED) is 0.608. The molecule has 0 bridgehead atoms. The zero-order chi connectivity index (χ0) is 8.60. The molecule has 3 nitrogen and oxygen atoms in total. The minimum absolute atomic E-state index is 0.260. The molecular formula is C9H18N2O. The van der Waals surface area contributed by atoms with Gasteiger partial charge < -0.3 is 15.3 Å². The highest BCUT2D eigenvalue weighted by Crippen LogP contribution is 2.52. The fourth-order valence-electron chi connectivity index (χ4n) is 2.40. The third-order valence-electron chi connectivity index (χ3n) is 3.21. The Kier molecular flexibility index (Phi) is 2.10. The second kappa shape index (κ2) is 2.98. The summed E-state index contributed by atoms with van der Waals surface area (Å²) in [5, 5.41) is 12.1. The van der Waals surface area contributed by atoms with Gasteiger partial charge in [0.25, 0.3) is 0 Å². The van der Waals surface area contributed by atoms with Crippen LogP contribution in [0.5, 0.6) is 0 Å². The van der Waals surface area contributed by atoms with E-state index in [1.165, 1.54) is 19.4 Å². The molecule has 1 heterocycles. The molecule has 1 aliphatic carbocycles. The number of likely N-dealkylation sites (tertiary alicyclic amines) is 1. The first-order chi connectivity index (χ1) is 5.77. The summed E-state index contributed by atoms with van der Waals surface area (Å²) in [6.45, 7) is 3.41. The van der Waals surface area contributed by atoms with E-state index in [1.54, 1.807) is 0 Å². The highest BCUT2D eigenvalue weighted by Gasteiger charge is 2.53. The van der Waals surface area contributed by atoms with Crippen LogP contribution in [0.25, 0.3) is 0 Å². The van der Waals surface area contributed by atoms with Gasteiger partial charge in [-0.25, -0.2) is 0 Å². The van der Waals surface area contributed by atoms with Crippen molar-refractivity contribution in [1.29, 1.82) is 0 Å². The predicted molar refractivity (Wildman–Crippen MR) is 48.0 cm³/mol. The number of nitrogens with zero attached hydrogens (tertiary/aromatic N) is 1. The summed E-state index contributed by atoms with van der Waals surface area (Å²) in [6.07, 6.45) is 2.75. The van der Waals surface area contributed by atoms with E-state index < -0.39 is 0 Å². The average Bonchev–Trinajstić information content (AvgIpc) is 2.70. The minimum Gasteiger partial charge on any atom is -0.395 e. The molecule has 1 saturated carbocycles. The molecule has 0 aromatic heterocycles. The number of hydrogen-bond donors (Lipinski definition) is 2. The molecule has 0 aromatic rings. The molecule has 1 spiro atoms. The Bertz CT molecular complexity index is 168. The standard InChI is InChI=1S/C9H18N2O/c1-11-6-8(10-4-5-12)9(7-11)2-3-9/h8,10,12H,2-7H2,1H3. The first-order valence-electron chi connectivity index (χ1n) is 4.80. The van der Waals surface area contributed by atoms with Crippen molar-refractivity contribution in [1.82, 2.24) is 10.2 Å². The molecule has 2 rings (SSSR count). The molecule has 1 saturated heterocycles. The molecule has 0 aromatic carbocycles. The number of aliphatic hydroxyl groups excluding tert-OH is 1. The van der Waals surface area contributed by atoms with Gasteiger partial charge in [-0.2, -0.15) is 0 Å². The van der Waals surface area contributed by atoms with Crippen molar-refractivity contribution in [2.75, 3.05) is 33.3 Å². The van der Waals surface area contributed by atoms with Crippen LogP contribution < -0.4 is 5.32 Å². The molecule has 0 radical (unpaired) electrons. The molecule has 1 unspecified atom stereocenters. The minimum atomic E-state index is 0.260. The molecule has 2 fully saturated rings. The topological polar surface area (TPSA) is 35.5 Å². The number of likely N-dealkylation sites (N-methyl/N-ethyl adjacent to an activating group) is 1. The van der Waals surface area contributed by atoms with Gasteiger partial charge in [-0.3, -0.25) is 0 Å². The van der Waals surface area contributed by atoms with E-state index in [4.69, 9.17) is 5.11 Å². The zero-order valence-electron chi connectivity index (χ0n) is 7.71. The van der Waals surface area contributed by atoms with E-state index in [9.17, 15) is 0 Å². The van der Waals surface area contributed by atoms with Crippen LogP contribution in [0.1, 0.15) is 12.8 Å². The Labute approximate surface area is 73.8 Å². The van der Waals surface area contributed by atoms with Crippen molar-refractivity contribution in [3.63, 3.8) is 0 Å². The van der Waals surface area contributed by atoms with Gasteiger partial charge in [0.05, 0.1) is 6.61 Å². The summed E-state index contributed by atoms with van der Waals surface area (Å²) in [4.78, 5) is 2.39. The van der Waals surface area contributed by atoms with E-state index in [0.717, 1.165) is 13.1 Å². The van der Waals surface area contributed by atoms with Gasteiger partial charge in [0.1, 0.15) is 0 Å². The summed E-state index contributed by atoms with van der Waals surface area (Å²) in [6, 6.07) is 0.634. The first-order valence-corrected chi connectivity index (χ1v) is 4.80. The second-order valence-corrected chi connectivity index (χ2v) is 4.29. The summed E-state index contributed by atoms with van der Waals surface area (Å²) in [5.74, 6) is 0. The summed E-state index contributed by atoms with van der Waals surface area (Å²) in [5.41, 5.74) is 0.587. The lowest BCUT2D eigenvalue weighted by atomic mass is 10.0. The normalized spacial score (nSPS) is 33.0. The van der Waals surface area contributed by atoms with Crippen LogP contribution >= 0.6 is 0 Å². The lowest BCUT2D eigenvalue weighted by Gasteiger charge is -2.17. The van der Waals surface area contributed by atoms with Gasteiger partial charge in [-0.05, 0) is 25.3 Å². The summed E-state index contributed by atoms with van der Waals surface area (Å²) < 4.78 is 0. The van der Waals surface area contributed by atoms with E-state index in [2.05, 4.69) is 17.3 Å². The summed E-state index contributed by atoms with van der Waals surface area (Å²) >= 11 is 0. The SMILES string of the molecule is CN1CC(NCCO)C2(CC2)C1. The molecule has 2 N–H and O–H groups in total. The molecule has 12 heavy (non-hydrogen) atoms. The monoisotopic (exact) mass is 170 g/mol. The van der Waals surface area contributed by atoms with Gasteiger partial charge in [0, 0.05) is 25.7 Å². The lowest BCUT2D eigenvalue weighted by Crippen LogP contribution is -2.38. The Morgan fingerprint density at radius 3 is 2.92 bits per heavy atom. The van der Waals surface area contributed by atoms with Gasteiger partial charge in [0.2, 0.25) is 0 Å². The van der Waals surface area contributed by atoms with Crippen LogP contribution in [0.3, 0.4) is 0 Å². The molecule has 0 amide bonds. The van der Waals surface area contributed by atoms with Gasteiger partial charge >= 0.3 is 0 Å². The van der Waals surface area contributed by atoms with Crippen molar-refractivity contribution in [2.24, 2.45) is 5.41 Å².